The maximum Gasteiger partial charge on any atom is 0.147 e. The highest BCUT2D eigenvalue weighted by Gasteiger charge is 2.11. The highest BCUT2D eigenvalue weighted by atomic mass is 32.2. The van der Waals surface area contributed by atoms with Gasteiger partial charge in [0, 0.05) is 18.1 Å². The lowest BCUT2D eigenvalue weighted by atomic mass is 9.97. The Morgan fingerprint density at radius 3 is 2.05 bits per heavy atom. The van der Waals surface area contributed by atoms with Crippen LogP contribution >= 0.6 is 0 Å². The van der Waals surface area contributed by atoms with Crippen molar-refractivity contribution < 1.29 is 8.42 Å². The number of rotatable bonds is 7. The first-order valence-corrected chi connectivity index (χ1v) is 8.84. The molecule has 19 heavy (non-hydrogen) atoms. The van der Waals surface area contributed by atoms with Gasteiger partial charge in [0.2, 0.25) is 0 Å². The van der Waals surface area contributed by atoms with Gasteiger partial charge in [-0.1, -0.05) is 38.1 Å². The van der Waals surface area contributed by atoms with Gasteiger partial charge in [-0.05, 0) is 36.9 Å². The first-order valence-electron chi connectivity index (χ1n) is 6.78. The topological polar surface area (TPSA) is 46.2 Å². The predicted octanol–water partition coefficient (Wildman–Crippen LogP) is 2.90. The number of nitrogens with one attached hydrogen (secondary N) is 1. The molecule has 0 spiro atoms. The molecule has 1 N–H and O–H groups in total. The van der Waals surface area contributed by atoms with E-state index >= 15 is 0 Å². The van der Waals surface area contributed by atoms with Crippen molar-refractivity contribution in [1.82, 2.24) is 5.32 Å². The van der Waals surface area contributed by atoms with Crippen molar-refractivity contribution in [1.29, 1.82) is 0 Å². The molecule has 0 aromatic heterocycles. The largest absolute Gasteiger partial charge is 0.313 e. The lowest BCUT2D eigenvalue weighted by Crippen LogP contribution is -2.17. The van der Waals surface area contributed by atoms with E-state index in [1.54, 1.807) is 0 Å². The molecule has 0 amide bonds. The summed E-state index contributed by atoms with van der Waals surface area (Å²) < 4.78 is 22.3. The lowest BCUT2D eigenvalue weighted by Gasteiger charge is -2.17. The van der Waals surface area contributed by atoms with Gasteiger partial charge in [0.05, 0.1) is 0 Å². The summed E-state index contributed by atoms with van der Waals surface area (Å²) >= 11 is 0. The van der Waals surface area contributed by atoms with Crippen LogP contribution in [0.25, 0.3) is 0 Å². The second-order valence-corrected chi connectivity index (χ2v) is 7.69. The van der Waals surface area contributed by atoms with E-state index in [0.29, 0.717) is 12.3 Å². The highest BCUT2D eigenvalue weighted by Crippen LogP contribution is 2.21. The van der Waals surface area contributed by atoms with Gasteiger partial charge in [-0.2, -0.15) is 0 Å². The van der Waals surface area contributed by atoms with Crippen LogP contribution in [0.5, 0.6) is 0 Å². The maximum absolute atomic E-state index is 11.1. The van der Waals surface area contributed by atoms with E-state index in [1.165, 1.54) is 17.4 Å². The summed E-state index contributed by atoms with van der Waals surface area (Å²) in [6, 6.07) is 8.80. The summed E-state index contributed by atoms with van der Waals surface area (Å²) in [5.41, 5.74) is 2.55. The van der Waals surface area contributed by atoms with E-state index in [1.807, 2.05) is 7.05 Å². The molecule has 0 bridgehead atoms. The maximum atomic E-state index is 11.1. The monoisotopic (exact) mass is 283 g/mol. The smallest absolute Gasteiger partial charge is 0.147 e. The van der Waals surface area contributed by atoms with E-state index in [2.05, 4.69) is 43.4 Å². The SMILES string of the molecule is CNC(CCCS(C)(=O)=O)c1ccc(C(C)C)cc1. The fraction of sp³-hybridized carbons (Fsp3) is 0.600. The summed E-state index contributed by atoms with van der Waals surface area (Å²) in [4.78, 5) is 0. The zero-order valence-electron chi connectivity index (χ0n) is 12.3. The zero-order valence-corrected chi connectivity index (χ0v) is 13.1. The Labute approximate surface area is 117 Å². The van der Waals surface area contributed by atoms with Crippen molar-refractivity contribution >= 4 is 9.84 Å². The van der Waals surface area contributed by atoms with Crippen molar-refractivity contribution in [3.63, 3.8) is 0 Å². The van der Waals surface area contributed by atoms with Gasteiger partial charge in [0.15, 0.2) is 0 Å². The zero-order chi connectivity index (χ0) is 14.5. The second-order valence-electron chi connectivity index (χ2n) is 5.43. The fourth-order valence-corrected chi connectivity index (χ4v) is 2.83. The van der Waals surface area contributed by atoms with Crippen molar-refractivity contribution in [2.75, 3.05) is 19.1 Å². The Morgan fingerprint density at radius 2 is 1.63 bits per heavy atom. The molecule has 1 aromatic carbocycles. The number of hydrogen-bond acceptors (Lipinski definition) is 3. The van der Waals surface area contributed by atoms with Gasteiger partial charge in [-0.15, -0.1) is 0 Å². The normalized spacial score (nSPS) is 13.7. The van der Waals surface area contributed by atoms with E-state index < -0.39 is 9.84 Å². The van der Waals surface area contributed by atoms with Crippen molar-refractivity contribution in [2.24, 2.45) is 0 Å². The third kappa shape index (κ3) is 5.74. The molecule has 0 saturated heterocycles. The van der Waals surface area contributed by atoms with Crippen molar-refractivity contribution in [2.45, 2.75) is 38.6 Å². The molecule has 1 unspecified atom stereocenters. The summed E-state index contributed by atoms with van der Waals surface area (Å²) in [5.74, 6) is 0.794. The van der Waals surface area contributed by atoms with Gasteiger partial charge in [0.1, 0.15) is 9.84 Å². The van der Waals surface area contributed by atoms with Crippen LogP contribution in [0.3, 0.4) is 0 Å². The van der Waals surface area contributed by atoms with Gasteiger partial charge in [-0.3, -0.25) is 0 Å². The van der Waals surface area contributed by atoms with Crippen LogP contribution in [0.4, 0.5) is 0 Å². The first-order chi connectivity index (χ1) is 8.83. The van der Waals surface area contributed by atoms with E-state index in [-0.39, 0.29) is 11.8 Å². The summed E-state index contributed by atoms with van der Waals surface area (Å²) in [6.07, 6.45) is 2.82. The van der Waals surface area contributed by atoms with Crippen molar-refractivity contribution in [3.05, 3.63) is 35.4 Å². The highest BCUT2D eigenvalue weighted by molar-refractivity contribution is 7.90. The average Bonchev–Trinajstić information content (AvgIpc) is 2.33. The van der Waals surface area contributed by atoms with Crippen LogP contribution in [-0.4, -0.2) is 27.5 Å². The van der Waals surface area contributed by atoms with Crippen LogP contribution < -0.4 is 5.32 Å². The molecule has 1 rings (SSSR count). The predicted molar refractivity (Wildman–Crippen MR) is 81.3 cm³/mol. The van der Waals surface area contributed by atoms with Crippen LogP contribution in [0.2, 0.25) is 0 Å². The van der Waals surface area contributed by atoms with Crippen LogP contribution in [0.15, 0.2) is 24.3 Å². The van der Waals surface area contributed by atoms with E-state index in [9.17, 15) is 8.42 Å². The second kappa shape index (κ2) is 7.06. The number of sulfone groups is 1. The third-order valence-electron chi connectivity index (χ3n) is 3.36. The van der Waals surface area contributed by atoms with Gasteiger partial charge < -0.3 is 5.32 Å². The van der Waals surface area contributed by atoms with Crippen LogP contribution in [-0.2, 0) is 9.84 Å². The first kappa shape index (κ1) is 16.2. The molecular formula is C15H25NO2S. The third-order valence-corrected chi connectivity index (χ3v) is 4.39. The standard InChI is InChI=1S/C15H25NO2S/c1-12(2)13-7-9-14(10-8-13)15(16-3)6-5-11-19(4,17)18/h7-10,12,15-16H,5-6,11H2,1-4H3. The molecule has 0 fully saturated rings. The summed E-state index contributed by atoms with van der Waals surface area (Å²) in [5, 5.41) is 3.26. The summed E-state index contributed by atoms with van der Waals surface area (Å²) in [6.45, 7) is 4.35. The molecule has 0 aliphatic carbocycles. The Hall–Kier alpha value is -0.870. The molecule has 0 heterocycles. The lowest BCUT2D eigenvalue weighted by molar-refractivity contribution is 0.536. The molecule has 0 radical (unpaired) electrons. The molecule has 3 nitrogen and oxygen atoms in total. The Balaban J connectivity index is 2.64. The minimum atomic E-state index is -2.86. The average molecular weight is 283 g/mol. The molecule has 1 atom stereocenters. The molecule has 0 aliphatic rings. The van der Waals surface area contributed by atoms with E-state index in [4.69, 9.17) is 0 Å². The molecule has 0 saturated carbocycles. The minimum Gasteiger partial charge on any atom is -0.313 e. The molecule has 0 aliphatic heterocycles. The fourth-order valence-electron chi connectivity index (χ4n) is 2.14. The van der Waals surface area contributed by atoms with Gasteiger partial charge in [0.25, 0.3) is 0 Å². The summed E-state index contributed by atoms with van der Waals surface area (Å²) in [7, 11) is -0.938. The molecular weight excluding hydrogens is 258 g/mol. The Morgan fingerprint density at radius 1 is 1.11 bits per heavy atom. The molecule has 4 heteroatoms. The van der Waals surface area contributed by atoms with E-state index in [0.717, 1.165) is 6.42 Å². The van der Waals surface area contributed by atoms with Gasteiger partial charge >= 0.3 is 0 Å². The Bertz CT molecular complexity index is 477. The van der Waals surface area contributed by atoms with Crippen LogP contribution in [0, 0.1) is 0 Å². The number of hydrogen-bond donors (Lipinski definition) is 1. The van der Waals surface area contributed by atoms with Gasteiger partial charge in [-0.25, -0.2) is 8.42 Å². The number of benzene rings is 1. The van der Waals surface area contributed by atoms with Crippen molar-refractivity contribution in [3.8, 4) is 0 Å². The molecule has 108 valence electrons. The molecule has 1 aromatic rings. The van der Waals surface area contributed by atoms with Crippen LogP contribution in [0.1, 0.15) is 49.8 Å². The Kier molecular flexibility index (Phi) is 6.01. The minimum absolute atomic E-state index is 0.225. The quantitative estimate of drug-likeness (QED) is 0.837.